The number of rotatable bonds is 6. The molecule has 0 bridgehead atoms. The molecule has 2 aromatic carbocycles. The van der Waals surface area contributed by atoms with Gasteiger partial charge in [-0.1, -0.05) is 6.07 Å². The summed E-state index contributed by atoms with van der Waals surface area (Å²) in [5, 5.41) is 8.33. The van der Waals surface area contributed by atoms with E-state index < -0.39 is 5.91 Å². The van der Waals surface area contributed by atoms with E-state index in [0.717, 1.165) is 0 Å². The summed E-state index contributed by atoms with van der Waals surface area (Å²) >= 11 is 5.21. The van der Waals surface area contributed by atoms with Gasteiger partial charge in [-0.3, -0.25) is 14.9 Å². The summed E-state index contributed by atoms with van der Waals surface area (Å²) in [7, 11) is 3.00. The van der Waals surface area contributed by atoms with Crippen molar-refractivity contribution in [3.63, 3.8) is 0 Å². The van der Waals surface area contributed by atoms with Crippen LogP contribution in [-0.2, 0) is 0 Å². The van der Waals surface area contributed by atoms with Crippen molar-refractivity contribution in [3.05, 3.63) is 72.2 Å². The molecule has 0 spiro atoms. The number of hydrogen-bond donors (Lipinski definition) is 3. The van der Waals surface area contributed by atoms with E-state index in [4.69, 9.17) is 26.1 Å². The van der Waals surface area contributed by atoms with Crippen LogP contribution >= 0.6 is 12.2 Å². The summed E-state index contributed by atoms with van der Waals surface area (Å²) in [6.07, 6.45) is 1.42. The average Bonchev–Trinajstić information content (AvgIpc) is 3.29. The van der Waals surface area contributed by atoms with E-state index in [1.54, 1.807) is 54.6 Å². The number of thiocarbonyl (C=S) groups is 1. The molecule has 1 heterocycles. The minimum atomic E-state index is -0.403. The topological polar surface area (TPSA) is 102 Å². The van der Waals surface area contributed by atoms with Gasteiger partial charge in [0.05, 0.1) is 26.2 Å². The molecule has 0 atom stereocenters. The predicted molar refractivity (Wildman–Crippen MR) is 116 cm³/mol. The third-order valence-corrected chi connectivity index (χ3v) is 4.22. The fourth-order valence-corrected chi connectivity index (χ4v) is 2.78. The number of nitrogens with one attached hydrogen (secondary N) is 3. The molecule has 0 fully saturated rings. The molecule has 0 radical (unpaired) electrons. The molecule has 2 amide bonds. The van der Waals surface area contributed by atoms with Gasteiger partial charge in [0.15, 0.2) is 10.9 Å². The molecule has 0 aliphatic rings. The lowest BCUT2D eigenvalue weighted by Gasteiger charge is -2.14. The van der Waals surface area contributed by atoms with E-state index in [2.05, 4.69) is 16.0 Å². The molecule has 0 saturated carbocycles. The molecule has 3 aromatic rings. The second-order valence-corrected chi connectivity index (χ2v) is 6.39. The van der Waals surface area contributed by atoms with Crippen LogP contribution in [0.1, 0.15) is 20.9 Å². The second kappa shape index (κ2) is 9.57. The number of anilines is 2. The van der Waals surface area contributed by atoms with Gasteiger partial charge in [0, 0.05) is 17.3 Å². The molecule has 30 heavy (non-hydrogen) atoms. The standard InChI is InChI=1S/C21H19N3O5S/c1-27-15-6-3-5-13(11-15)19(25)24-21(30)22-14-8-9-16(18(12-14)28-2)23-20(26)17-7-4-10-29-17/h3-12H,1-2H3,(H,23,26)(H2,22,24,25,30). The van der Waals surface area contributed by atoms with Crippen LogP contribution in [-0.4, -0.2) is 31.1 Å². The Labute approximate surface area is 178 Å². The normalized spacial score (nSPS) is 10.1. The Morgan fingerprint density at radius 2 is 1.77 bits per heavy atom. The summed E-state index contributed by atoms with van der Waals surface area (Å²) in [4.78, 5) is 24.5. The third kappa shape index (κ3) is 5.15. The SMILES string of the molecule is COc1cccc(C(=O)NC(=S)Nc2ccc(NC(=O)c3ccco3)c(OC)c2)c1. The zero-order chi connectivity index (χ0) is 21.5. The summed E-state index contributed by atoms with van der Waals surface area (Å²) in [5.74, 6) is 0.377. The van der Waals surface area contributed by atoms with Gasteiger partial charge in [0.1, 0.15) is 11.5 Å². The molecule has 0 aliphatic carbocycles. The Hall–Kier alpha value is -3.85. The van der Waals surface area contributed by atoms with E-state index in [0.29, 0.717) is 28.4 Å². The first-order valence-corrected chi connectivity index (χ1v) is 9.20. The number of amides is 2. The number of benzene rings is 2. The fourth-order valence-electron chi connectivity index (χ4n) is 2.57. The smallest absolute Gasteiger partial charge is 0.291 e. The fraction of sp³-hybridized carbons (Fsp3) is 0.0952. The van der Waals surface area contributed by atoms with Crippen LogP contribution in [0.25, 0.3) is 0 Å². The molecule has 3 rings (SSSR count). The minimum Gasteiger partial charge on any atom is -0.497 e. The summed E-state index contributed by atoms with van der Waals surface area (Å²) in [6.45, 7) is 0. The van der Waals surface area contributed by atoms with Crippen molar-refractivity contribution >= 4 is 40.5 Å². The Morgan fingerprint density at radius 1 is 0.933 bits per heavy atom. The Balaban J connectivity index is 1.65. The molecule has 3 N–H and O–H groups in total. The third-order valence-electron chi connectivity index (χ3n) is 4.01. The summed E-state index contributed by atoms with van der Waals surface area (Å²) in [6, 6.07) is 14.9. The molecular formula is C21H19N3O5S. The Kier molecular flexibility index (Phi) is 6.66. The molecular weight excluding hydrogens is 406 g/mol. The van der Waals surface area contributed by atoms with Crippen molar-refractivity contribution in [2.24, 2.45) is 0 Å². The highest BCUT2D eigenvalue weighted by Gasteiger charge is 2.14. The quantitative estimate of drug-likeness (QED) is 0.518. The number of methoxy groups -OCH3 is 2. The van der Waals surface area contributed by atoms with Gasteiger partial charge < -0.3 is 24.5 Å². The van der Waals surface area contributed by atoms with Crippen molar-refractivity contribution in [3.8, 4) is 11.5 Å². The largest absolute Gasteiger partial charge is 0.497 e. The van der Waals surface area contributed by atoms with Crippen LogP contribution in [0.3, 0.4) is 0 Å². The van der Waals surface area contributed by atoms with Crippen LogP contribution in [0.15, 0.2) is 65.3 Å². The van der Waals surface area contributed by atoms with Crippen LogP contribution < -0.4 is 25.4 Å². The Morgan fingerprint density at radius 3 is 2.47 bits per heavy atom. The van der Waals surface area contributed by atoms with Gasteiger partial charge in [-0.2, -0.15) is 0 Å². The molecule has 154 valence electrons. The van der Waals surface area contributed by atoms with Gasteiger partial charge >= 0.3 is 0 Å². The molecule has 0 unspecified atom stereocenters. The molecule has 9 heteroatoms. The molecule has 8 nitrogen and oxygen atoms in total. The van der Waals surface area contributed by atoms with Crippen molar-refractivity contribution in [2.45, 2.75) is 0 Å². The van der Waals surface area contributed by atoms with Crippen LogP contribution in [0.2, 0.25) is 0 Å². The van der Waals surface area contributed by atoms with E-state index >= 15 is 0 Å². The highest BCUT2D eigenvalue weighted by atomic mass is 32.1. The lowest BCUT2D eigenvalue weighted by Crippen LogP contribution is -2.34. The number of hydrogen-bond acceptors (Lipinski definition) is 6. The van der Waals surface area contributed by atoms with Gasteiger partial charge in [-0.05, 0) is 54.7 Å². The average molecular weight is 425 g/mol. The number of furan rings is 1. The highest BCUT2D eigenvalue weighted by Crippen LogP contribution is 2.28. The maximum absolute atomic E-state index is 12.3. The van der Waals surface area contributed by atoms with Crippen molar-refractivity contribution < 1.29 is 23.5 Å². The van der Waals surface area contributed by atoms with E-state index in [9.17, 15) is 9.59 Å². The zero-order valence-electron chi connectivity index (χ0n) is 16.2. The van der Waals surface area contributed by atoms with Crippen molar-refractivity contribution in [1.82, 2.24) is 5.32 Å². The van der Waals surface area contributed by atoms with Crippen molar-refractivity contribution in [1.29, 1.82) is 0 Å². The second-order valence-electron chi connectivity index (χ2n) is 5.99. The van der Waals surface area contributed by atoms with Crippen molar-refractivity contribution in [2.75, 3.05) is 24.9 Å². The van der Waals surface area contributed by atoms with Crippen LogP contribution in [0, 0.1) is 0 Å². The van der Waals surface area contributed by atoms with Crippen LogP contribution in [0.4, 0.5) is 11.4 Å². The lowest BCUT2D eigenvalue weighted by atomic mass is 10.2. The first-order chi connectivity index (χ1) is 14.5. The molecule has 1 aromatic heterocycles. The predicted octanol–water partition coefficient (Wildman–Crippen LogP) is 3.68. The highest BCUT2D eigenvalue weighted by molar-refractivity contribution is 7.80. The van der Waals surface area contributed by atoms with E-state index in [-0.39, 0.29) is 16.8 Å². The maximum Gasteiger partial charge on any atom is 0.291 e. The Bertz CT molecular complexity index is 1070. The molecule has 0 saturated heterocycles. The molecule has 0 aliphatic heterocycles. The summed E-state index contributed by atoms with van der Waals surface area (Å²) < 4.78 is 15.5. The van der Waals surface area contributed by atoms with Crippen LogP contribution in [0.5, 0.6) is 11.5 Å². The minimum absolute atomic E-state index is 0.109. The van der Waals surface area contributed by atoms with Gasteiger partial charge in [-0.25, -0.2) is 0 Å². The number of carbonyl (C=O) groups is 2. The number of ether oxygens (including phenoxy) is 2. The summed E-state index contributed by atoms with van der Waals surface area (Å²) in [5.41, 5.74) is 1.43. The first-order valence-electron chi connectivity index (χ1n) is 8.79. The van der Waals surface area contributed by atoms with Gasteiger partial charge in [0.2, 0.25) is 0 Å². The maximum atomic E-state index is 12.3. The van der Waals surface area contributed by atoms with Gasteiger partial charge in [0.25, 0.3) is 11.8 Å². The first kappa shape index (κ1) is 20.9. The number of carbonyl (C=O) groups excluding carboxylic acids is 2. The van der Waals surface area contributed by atoms with Gasteiger partial charge in [-0.15, -0.1) is 0 Å². The van der Waals surface area contributed by atoms with E-state index in [1.165, 1.54) is 20.5 Å². The lowest BCUT2D eigenvalue weighted by molar-refractivity contribution is 0.0974. The monoisotopic (exact) mass is 425 g/mol. The van der Waals surface area contributed by atoms with E-state index in [1.807, 2.05) is 0 Å². The zero-order valence-corrected chi connectivity index (χ0v) is 17.0.